The average Bonchev–Trinajstić information content (AvgIpc) is 2.66. The lowest BCUT2D eigenvalue weighted by molar-refractivity contribution is 0.340. The number of rotatable bonds is 8. The minimum atomic E-state index is 0.407. The summed E-state index contributed by atoms with van der Waals surface area (Å²) in [6.07, 6.45) is 1.57. The number of aromatic nitrogens is 3. The van der Waals surface area contributed by atoms with Crippen LogP contribution in [-0.4, -0.2) is 28.4 Å². The van der Waals surface area contributed by atoms with Crippen molar-refractivity contribution in [1.82, 2.24) is 15.2 Å². The Hall–Kier alpha value is -3.35. The summed E-state index contributed by atoms with van der Waals surface area (Å²) < 4.78 is 10.9. The summed E-state index contributed by atoms with van der Waals surface area (Å²) in [6.45, 7) is 5.19. The minimum absolute atomic E-state index is 0.407. The molecule has 2 aromatic carbocycles. The molecule has 2 N–H and O–H groups in total. The van der Waals surface area contributed by atoms with E-state index < -0.39 is 0 Å². The van der Waals surface area contributed by atoms with Gasteiger partial charge in [0, 0.05) is 11.4 Å². The molecule has 3 rings (SSSR count). The highest BCUT2D eigenvalue weighted by atomic mass is 16.5. The van der Waals surface area contributed by atoms with Crippen molar-refractivity contribution in [2.45, 2.75) is 13.8 Å². The van der Waals surface area contributed by atoms with E-state index in [4.69, 9.17) is 9.47 Å². The quantitative estimate of drug-likeness (QED) is 0.631. The van der Waals surface area contributed by atoms with E-state index in [2.05, 4.69) is 25.8 Å². The summed E-state index contributed by atoms with van der Waals surface area (Å²) in [6, 6.07) is 15.2. The van der Waals surface area contributed by atoms with Crippen LogP contribution in [0.4, 0.5) is 23.1 Å². The largest absolute Gasteiger partial charge is 0.494 e. The smallest absolute Gasteiger partial charge is 0.249 e. The lowest BCUT2D eigenvalue weighted by atomic mass is 10.3. The lowest BCUT2D eigenvalue weighted by Gasteiger charge is -2.09. The van der Waals surface area contributed by atoms with Crippen LogP contribution in [0.3, 0.4) is 0 Å². The standard InChI is InChI=1S/C19H21N5O2/c1-3-25-16-9-5-14(6-10-16)21-18-13-20-24-19(23-18)22-15-7-11-17(12-8-15)26-4-2/h5-13H,3-4H2,1-2H3,(H2,21,22,23,24). The Morgan fingerprint density at radius 3 is 1.85 bits per heavy atom. The number of hydrogen-bond donors (Lipinski definition) is 2. The van der Waals surface area contributed by atoms with E-state index in [1.165, 1.54) is 0 Å². The number of benzene rings is 2. The van der Waals surface area contributed by atoms with Crippen molar-refractivity contribution in [3.63, 3.8) is 0 Å². The van der Waals surface area contributed by atoms with Crippen LogP contribution in [0.5, 0.6) is 11.5 Å². The van der Waals surface area contributed by atoms with Crippen LogP contribution in [0.25, 0.3) is 0 Å². The molecular formula is C19H21N5O2. The third kappa shape index (κ3) is 4.83. The van der Waals surface area contributed by atoms with Crippen molar-refractivity contribution in [2.75, 3.05) is 23.8 Å². The van der Waals surface area contributed by atoms with Crippen molar-refractivity contribution in [3.05, 3.63) is 54.7 Å². The molecule has 1 aromatic heterocycles. The third-order valence-electron chi connectivity index (χ3n) is 3.42. The molecule has 26 heavy (non-hydrogen) atoms. The second-order valence-corrected chi connectivity index (χ2v) is 5.33. The van der Waals surface area contributed by atoms with E-state index in [0.717, 1.165) is 22.9 Å². The molecule has 0 bridgehead atoms. The van der Waals surface area contributed by atoms with Gasteiger partial charge in [-0.15, -0.1) is 5.10 Å². The lowest BCUT2D eigenvalue weighted by Crippen LogP contribution is -2.02. The van der Waals surface area contributed by atoms with E-state index in [1.807, 2.05) is 62.4 Å². The number of nitrogens with zero attached hydrogens (tertiary/aromatic N) is 3. The van der Waals surface area contributed by atoms with Crippen molar-refractivity contribution in [2.24, 2.45) is 0 Å². The van der Waals surface area contributed by atoms with Crippen molar-refractivity contribution in [3.8, 4) is 11.5 Å². The van der Waals surface area contributed by atoms with Gasteiger partial charge in [0.2, 0.25) is 5.95 Å². The fraction of sp³-hybridized carbons (Fsp3) is 0.211. The zero-order chi connectivity index (χ0) is 18.2. The van der Waals surface area contributed by atoms with Gasteiger partial charge in [0.1, 0.15) is 11.5 Å². The van der Waals surface area contributed by atoms with Crippen LogP contribution in [0.2, 0.25) is 0 Å². The topological polar surface area (TPSA) is 81.2 Å². The molecule has 0 atom stereocenters. The maximum Gasteiger partial charge on any atom is 0.249 e. The molecule has 7 nitrogen and oxygen atoms in total. The maximum atomic E-state index is 5.44. The predicted octanol–water partition coefficient (Wildman–Crippen LogP) is 4.16. The van der Waals surface area contributed by atoms with E-state index in [9.17, 15) is 0 Å². The second kappa shape index (κ2) is 8.66. The SMILES string of the molecule is CCOc1ccc(Nc2cnnc(Nc3ccc(OCC)cc3)n2)cc1. The first kappa shape index (κ1) is 17.5. The first-order chi connectivity index (χ1) is 12.8. The molecule has 1 heterocycles. The number of hydrogen-bond acceptors (Lipinski definition) is 7. The van der Waals surface area contributed by atoms with Crippen LogP contribution in [0.15, 0.2) is 54.7 Å². The van der Waals surface area contributed by atoms with Crippen molar-refractivity contribution in [1.29, 1.82) is 0 Å². The maximum absolute atomic E-state index is 5.44. The third-order valence-corrected chi connectivity index (χ3v) is 3.42. The molecule has 0 amide bonds. The van der Waals surface area contributed by atoms with Gasteiger partial charge in [0.15, 0.2) is 5.82 Å². The summed E-state index contributed by atoms with van der Waals surface area (Å²) in [5.41, 5.74) is 1.74. The van der Waals surface area contributed by atoms with E-state index in [-0.39, 0.29) is 0 Å². The first-order valence-corrected chi connectivity index (χ1v) is 8.46. The molecule has 134 valence electrons. The van der Waals surface area contributed by atoms with Gasteiger partial charge in [0.25, 0.3) is 0 Å². The molecule has 0 saturated carbocycles. The monoisotopic (exact) mass is 351 g/mol. The summed E-state index contributed by atoms with van der Waals surface area (Å²) in [7, 11) is 0. The van der Waals surface area contributed by atoms with Crippen LogP contribution in [0.1, 0.15) is 13.8 Å². The molecule has 0 saturated heterocycles. The number of anilines is 4. The Morgan fingerprint density at radius 1 is 0.769 bits per heavy atom. The molecule has 0 fully saturated rings. The van der Waals surface area contributed by atoms with Crippen molar-refractivity contribution < 1.29 is 9.47 Å². The summed E-state index contributed by atoms with van der Waals surface area (Å²) in [4.78, 5) is 4.42. The van der Waals surface area contributed by atoms with E-state index in [1.54, 1.807) is 6.20 Å². The molecule has 3 aromatic rings. The minimum Gasteiger partial charge on any atom is -0.494 e. The Bertz CT molecular complexity index is 755. The van der Waals surface area contributed by atoms with Crippen molar-refractivity contribution >= 4 is 23.1 Å². The zero-order valence-corrected chi connectivity index (χ0v) is 14.8. The Labute approximate surface area is 152 Å². The summed E-state index contributed by atoms with van der Waals surface area (Å²) in [5, 5.41) is 14.3. The van der Waals surface area contributed by atoms with Crippen LogP contribution in [-0.2, 0) is 0 Å². The fourth-order valence-corrected chi connectivity index (χ4v) is 2.30. The zero-order valence-electron chi connectivity index (χ0n) is 14.8. The van der Waals surface area contributed by atoms with Gasteiger partial charge in [-0.05, 0) is 62.4 Å². The highest BCUT2D eigenvalue weighted by molar-refractivity contribution is 5.59. The molecule has 0 aliphatic carbocycles. The first-order valence-electron chi connectivity index (χ1n) is 8.46. The second-order valence-electron chi connectivity index (χ2n) is 5.33. The van der Waals surface area contributed by atoms with Crippen LogP contribution >= 0.6 is 0 Å². The molecule has 0 spiro atoms. The average molecular weight is 351 g/mol. The normalized spacial score (nSPS) is 10.2. The molecule has 0 unspecified atom stereocenters. The van der Waals surface area contributed by atoms with Gasteiger partial charge in [-0.2, -0.15) is 10.1 Å². The van der Waals surface area contributed by atoms with Gasteiger partial charge in [0.05, 0.1) is 19.4 Å². The van der Waals surface area contributed by atoms with Crippen LogP contribution < -0.4 is 20.1 Å². The fourth-order valence-electron chi connectivity index (χ4n) is 2.30. The van der Waals surface area contributed by atoms with E-state index >= 15 is 0 Å². The Morgan fingerprint density at radius 2 is 1.31 bits per heavy atom. The summed E-state index contributed by atoms with van der Waals surface area (Å²) >= 11 is 0. The molecular weight excluding hydrogens is 330 g/mol. The Kier molecular flexibility index (Phi) is 5.82. The number of nitrogens with one attached hydrogen (secondary N) is 2. The van der Waals surface area contributed by atoms with Gasteiger partial charge < -0.3 is 20.1 Å². The van der Waals surface area contributed by atoms with Gasteiger partial charge in [-0.3, -0.25) is 0 Å². The van der Waals surface area contributed by atoms with Gasteiger partial charge in [-0.1, -0.05) is 0 Å². The number of ether oxygens (including phenoxy) is 2. The summed E-state index contributed by atoms with van der Waals surface area (Å²) in [5.74, 6) is 2.66. The highest BCUT2D eigenvalue weighted by Gasteiger charge is 2.03. The molecule has 0 aliphatic rings. The molecule has 0 aliphatic heterocycles. The molecule has 7 heteroatoms. The van der Waals surface area contributed by atoms with Gasteiger partial charge in [-0.25, -0.2) is 0 Å². The predicted molar refractivity (Wildman–Crippen MR) is 102 cm³/mol. The van der Waals surface area contributed by atoms with Crippen LogP contribution in [0, 0.1) is 0 Å². The van der Waals surface area contributed by atoms with E-state index in [0.29, 0.717) is 25.0 Å². The van der Waals surface area contributed by atoms with Gasteiger partial charge >= 0.3 is 0 Å². The molecule has 0 radical (unpaired) electrons. The Balaban J connectivity index is 1.65. The highest BCUT2D eigenvalue weighted by Crippen LogP contribution is 2.21.